The van der Waals surface area contributed by atoms with Gasteiger partial charge in [-0.05, 0) is 22.6 Å². The lowest BCUT2D eigenvalue weighted by atomic mass is 10.3. The molecule has 0 aliphatic rings. The van der Waals surface area contributed by atoms with Gasteiger partial charge in [0.1, 0.15) is 0 Å². The van der Waals surface area contributed by atoms with Crippen molar-refractivity contribution in [2.45, 2.75) is 0 Å². The number of para-hydroxylation sites is 1. The lowest BCUT2D eigenvalue weighted by Crippen LogP contribution is -2.15. The molecule has 15 heavy (non-hydrogen) atoms. The zero-order valence-corrected chi connectivity index (χ0v) is 9.35. The molecule has 1 aromatic heterocycles. The summed E-state index contributed by atoms with van der Waals surface area (Å²) >= 11 is 0. The molecular weight excluding hydrogens is 214 g/mol. The third-order valence-corrected chi connectivity index (χ3v) is 1.85. The van der Waals surface area contributed by atoms with Crippen molar-refractivity contribution >= 4 is 18.4 Å². The van der Waals surface area contributed by atoms with Crippen molar-refractivity contribution in [1.29, 1.82) is 0 Å². The Morgan fingerprint density at radius 1 is 1.13 bits per heavy atom. The standard InChI is InChI=1S/C9H11N5.ClH/c1-13(2)9-10-11-12-14(9)8-6-4-3-5-7-8;/h3-7H,1-2H3;1H. The number of tetrazole rings is 1. The largest absolute Gasteiger partial charge is 0.345 e. The highest BCUT2D eigenvalue weighted by atomic mass is 35.5. The summed E-state index contributed by atoms with van der Waals surface area (Å²) in [5, 5.41) is 11.5. The predicted molar refractivity (Wildman–Crippen MR) is 60.7 cm³/mol. The first-order valence-electron chi connectivity index (χ1n) is 4.30. The van der Waals surface area contributed by atoms with Gasteiger partial charge in [-0.15, -0.1) is 12.4 Å². The van der Waals surface area contributed by atoms with Crippen LogP contribution in [0.2, 0.25) is 0 Å². The van der Waals surface area contributed by atoms with E-state index in [9.17, 15) is 0 Å². The highest BCUT2D eigenvalue weighted by molar-refractivity contribution is 5.85. The molecule has 0 bridgehead atoms. The first kappa shape index (κ1) is 11.5. The maximum absolute atomic E-state index is 3.92. The van der Waals surface area contributed by atoms with Gasteiger partial charge in [-0.2, -0.15) is 4.68 Å². The molecular formula is C9H12ClN5. The van der Waals surface area contributed by atoms with Gasteiger partial charge in [-0.1, -0.05) is 23.3 Å². The minimum Gasteiger partial charge on any atom is -0.345 e. The van der Waals surface area contributed by atoms with Crippen LogP contribution in [0.1, 0.15) is 0 Å². The quantitative estimate of drug-likeness (QED) is 0.769. The van der Waals surface area contributed by atoms with Gasteiger partial charge in [0.2, 0.25) is 5.95 Å². The summed E-state index contributed by atoms with van der Waals surface area (Å²) in [5.41, 5.74) is 0.959. The molecule has 0 saturated carbocycles. The molecule has 2 aromatic rings. The summed E-state index contributed by atoms with van der Waals surface area (Å²) in [4.78, 5) is 1.87. The smallest absolute Gasteiger partial charge is 0.249 e. The zero-order valence-electron chi connectivity index (χ0n) is 8.53. The van der Waals surface area contributed by atoms with Crippen LogP contribution in [0.5, 0.6) is 0 Å². The normalized spacial score (nSPS) is 9.47. The van der Waals surface area contributed by atoms with Gasteiger partial charge in [0.15, 0.2) is 0 Å². The molecule has 0 fully saturated rings. The first-order valence-corrected chi connectivity index (χ1v) is 4.30. The zero-order chi connectivity index (χ0) is 9.97. The van der Waals surface area contributed by atoms with Crippen LogP contribution < -0.4 is 4.90 Å². The second-order valence-electron chi connectivity index (χ2n) is 3.12. The average Bonchev–Trinajstić information content (AvgIpc) is 2.67. The van der Waals surface area contributed by atoms with Gasteiger partial charge < -0.3 is 4.90 Å². The van der Waals surface area contributed by atoms with Crippen LogP contribution in [0.15, 0.2) is 30.3 Å². The van der Waals surface area contributed by atoms with E-state index in [-0.39, 0.29) is 12.4 Å². The highest BCUT2D eigenvalue weighted by Crippen LogP contribution is 2.11. The molecule has 80 valence electrons. The molecule has 0 aliphatic heterocycles. The van der Waals surface area contributed by atoms with Crippen molar-refractivity contribution in [3.05, 3.63) is 30.3 Å². The van der Waals surface area contributed by atoms with E-state index in [1.165, 1.54) is 0 Å². The fraction of sp³-hybridized carbons (Fsp3) is 0.222. The van der Waals surface area contributed by atoms with Gasteiger partial charge in [0, 0.05) is 14.1 Å². The summed E-state index contributed by atoms with van der Waals surface area (Å²) in [6.45, 7) is 0. The Morgan fingerprint density at radius 3 is 2.40 bits per heavy atom. The Morgan fingerprint density at radius 2 is 1.80 bits per heavy atom. The molecule has 0 N–H and O–H groups in total. The Labute approximate surface area is 94.1 Å². The van der Waals surface area contributed by atoms with Crippen molar-refractivity contribution < 1.29 is 0 Å². The Balaban J connectivity index is 0.00000112. The maximum atomic E-state index is 3.92. The van der Waals surface area contributed by atoms with Crippen LogP contribution in [0.25, 0.3) is 5.69 Å². The number of hydrogen-bond donors (Lipinski definition) is 0. The molecule has 5 nitrogen and oxygen atoms in total. The van der Waals surface area contributed by atoms with Crippen molar-refractivity contribution in [3.8, 4) is 5.69 Å². The van der Waals surface area contributed by atoms with E-state index in [1.54, 1.807) is 4.68 Å². The average molecular weight is 226 g/mol. The van der Waals surface area contributed by atoms with Gasteiger partial charge in [0.05, 0.1) is 5.69 Å². The first-order chi connectivity index (χ1) is 6.79. The minimum absolute atomic E-state index is 0. The molecule has 6 heteroatoms. The van der Waals surface area contributed by atoms with Crippen molar-refractivity contribution in [3.63, 3.8) is 0 Å². The molecule has 0 unspecified atom stereocenters. The number of anilines is 1. The summed E-state index contributed by atoms with van der Waals surface area (Å²) in [7, 11) is 3.82. The van der Waals surface area contributed by atoms with Gasteiger partial charge in [-0.25, -0.2) is 0 Å². The maximum Gasteiger partial charge on any atom is 0.249 e. The van der Waals surface area contributed by atoms with Gasteiger partial charge >= 0.3 is 0 Å². The topological polar surface area (TPSA) is 46.8 Å². The summed E-state index contributed by atoms with van der Waals surface area (Å²) in [5.74, 6) is 0.719. The Kier molecular flexibility index (Phi) is 3.62. The number of nitrogens with zero attached hydrogens (tertiary/aromatic N) is 5. The van der Waals surface area contributed by atoms with Crippen LogP contribution in [0.4, 0.5) is 5.95 Å². The van der Waals surface area contributed by atoms with Gasteiger partial charge in [0.25, 0.3) is 0 Å². The molecule has 1 aromatic carbocycles. The van der Waals surface area contributed by atoms with E-state index in [0.717, 1.165) is 11.6 Å². The van der Waals surface area contributed by atoms with Crippen molar-refractivity contribution in [2.75, 3.05) is 19.0 Å². The lowest BCUT2D eigenvalue weighted by Gasteiger charge is -2.10. The minimum atomic E-state index is 0. The van der Waals surface area contributed by atoms with Crippen LogP contribution >= 0.6 is 12.4 Å². The van der Waals surface area contributed by atoms with E-state index in [1.807, 2.05) is 49.3 Å². The second-order valence-corrected chi connectivity index (χ2v) is 3.12. The number of benzene rings is 1. The third-order valence-electron chi connectivity index (χ3n) is 1.85. The van der Waals surface area contributed by atoms with E-state index >= 15 is 0 Å². The Bertz CT molecular complexity index is 411. The highest BCUT2D eigenvalue weighted by Gasteiger charge is 2.08. The summed E-state index contributed by atoms with van der Waals surface area (Å²) in [6.07, 6.45) is 0. The number of hydrogen-bond acceptors (Lipinski definition) is 4. The molecule has 0 radical (unpaired) electrons. The lowest BCUT2D eigenvalue weighted by molar-refractivity contribution is 0.784. The number of rotatable bonds is 2. The van der Waals surface area contributed by atoms with Crippen LogP contribution in [-0.4, -0.2) is 34.3 Å². The molecule has 0 saturated heterocycles. The molecule has 0 aliphatic carbocycles. The molecule has 0 spiro atoms. The fourth-order valence-corrected chi connectivity index (χ4v) is 1.20. The predicted octanol–water partition coefficient (Wildman–Crippen LogP) is 1.15. The molecule has 0 atom stereocenters. The third kappa shape index (κ3) is 2.24. The van der Waals surface area contributed by atoms with Gasteiger partial charge in [-0.3, -0.25) is 0 Å². The van der Waals surface area contributed by atoms with Crippen LogP contribution in [0, 0.1) is 0 Å². The van der Waals surface area contributed by atoms with E-state index in [4.69, 9.17) is 0 Å². The van der Waals surface area contributed by atoms with Crippen LogP contribution in [0.3, 0.4) is 0 Å². The van der Waals surface area contributed by atoms with E-state index in [0.29, 0.717) is 0 Å². The number of halogens is 1. The Hall–Kier alpha value is -1.62. The van der Waals surface area contributed by atoms with E-state index in [2.05, 4.69) is 15.5 Å². The van der Waals surface area contributed by atoms with E-state index < -0.39 is 0 Å². The molecule has 1 heterocycles. The summed E-state index contributed by atoms with van der Waals surface area (Å²) in [6, 6.07) is 9.79. The fourth-order valence-electron chi connectivity index (χ4n) is 1.20. The summed E-state index contributed by atoms with van der Waals surface area (Å²) < 4.78 is 1.69. The molecule has 2 rings (SSSR count). The number of aromatic nitrogens is 4. The SMILES string of the molecule is CN(C)c1nnnn1-c1ccccc1.Cl. The second kappa shape index (κ2) is 4.75. The monoisotopic (exact) mass is 225 g/mol. The van der Waals surface area contributed by atoms with Crippen LogP contribution in [-0.2, 0) is 0 Å². The van der Waals surface area contributed by atoms with Crippen molar-refractivity contribution in [1.82, 2.24) is 20.2 Å². The molecule has 0 amide bonds. The van der Waals surface area contributed by atoms with Crippen molar-refractivity contribution in [2.24, 2.45) is 0 Å².